The number of ether oxygens (including phenoxy) is 2. The monoisotopic (exact) mass is 435 g/mol. The number of thioether (sulfide) groups is 1. The molecule has 162 valence electrons. The lowest BCUT2D eigenvalue weighted by atomic mass is 10.0. The van der Waals surface area contributed by atoms with Gasteiger partial charge in [-0.05, 0) is 26.7 Å². The zero-order chi connectivity index (χ0) is 21.7. The van der Waals surface area contributed by atoms with E-state index in [4.69, 9.17) is 14.0 Å². The van der Waals surface area contributed by atoms with E-state index in [1.165, 1.54) is 24.9 Å². The number of rotatable bonds is 2. The van der Waals surface area contributed by atoms with Crippen LogP contribution in [0, 0.1) is 13.8 Å². The van der Waals surface area contributed by atoms with Gasteiger partial charge in [0, 0.05) is 35.1 Å². The number of aryl methyl sites for hydroxylation is 1. The van der Waals surface area contributed by atoms with E-state index in [1.54, 1.807) is 13.8 Å². The lowest BCUT2D eigenvalue weighted by molar-refractivity contribution is -0.122. The highest BCUT2D eigenvalue weighted by molar-refractivity contribution is 7.98. The molecule has 0 saturated carbocycles. The molecule has 1 aromatic heterocycles. The molecule has 0 fully saturated rings. The second-order valence-electron chi connectivity index (χ2n) is 6.98. The average Bonchev–Trinajstić information content (AvgIpc) is 3.14. The number of carbonyl (C=O) groups excluding carboxylic acids is 2. The summed E-state index contributed by atoms with van der Waals surface area (Å²) in [5.41, 5.74) is 1.39. The molecule has 0 unspecified atom stereocenters. The number of carbonyl (C=O) groups is 2. The molecule has 1 aromatic carbocycles. The quantitative estimate of drug-likeness (QED) is 0.685. The van der Waals surface area contributed by atoms with E-state index in [2.05, 4.69) is 15.5 Å². The summed E-state index contributed by atoms with van der Waals surface area (Å²) in [6, 6.07) is 1.02. The van der Waals surface area contributed by atoms with Gasteiger partial charge in [0.2, 0.25) is 11.8 Å². The maximum Gasteiger partial charge on any atom is 0.338 e. The topological polar surface area (TPSA) is 124 Å². The molecule has 0 saturated heterocycles. The van der Waals surface area contributed by atoms with Gasteiger partial charge in [-0.3, -0.25) is 4.79 Å². The summed E-state index contributed by atoms with van der Waals surface area (Å²) in [4.78, 5) is 29.3. The fourth-order valence-electron chi connectivity index (χ4n) is 3.23. The number of nitrogens with one attached hydrogen (secondary N) is 1. The number of phenols is 1. The minimum atomic E-state index is -0.511. The van der Waals surface area contributed by atoms with Crippen molar-refractivity contribution >= 4 is 23.6 Å². The first-order valence-electron chi connectivity index (χ1n) is 9.64. The molecule has 0 radical (unpaired) electrons. The second-order valence-corrected chi connectivity index (χ2v) is 8.01. The van der Waals surface area contributed by atoms with Gasteiger partial charge in [-0.25, -0.2) is 4.79 Å². The van der Waals surface area contributed by atoms with Crippen molar-refractivity contribution in [2.45, 2.75) is 44.9 Å². The van der Waals surface area contributed by atoms with Crippen LogP contribution >= 0.6 is 11.8 Å². The Balaban J connectivity index is 1.91. The van der Waals surface area contributed by atoms with Crippen molar-refractivity contribution in [3.8, 4) is 11.5 Å². The number of nitrogens with zero attached hydrogens (tertiary/aromatic N) is 2. The Labute approximate surface area is 178 Å². The van der Waals surface area contributed by atoms with Gasteiger partial charge in [-0.15, -0.1) is 0 Å². The molecule has 3 rings (SSSR count). The van der Waals surface area contributed by atoms with Gasteiger partial charge >= 0.3 is 5.97 Å². The molecular weight excluding hydrogens is 410 g/mol. The summed E-state index contributed by atoms with van der Waals surface area (Å²) in [6.45, 7) is 3.65. The van der Waals surface area contributed by atoms with E-state index in [1.807, 2.05) is 0 Å². The number of methoxy groups -OCH3 is 1. The Morgan fingerprint density at radius 2 is 2.10 bits per heavy atom. The summed E-state index contributed by atoms with van der Waals surface area (Å²) in [5, 5.41) is 17.3. The van der Waals surface area contributed by atoms with Crippen LogP contribution in [-0.4, -0.2) is 46.6 Å². The van der Waals surface area contributed by atoms with Crippen LogP contribution in [0.5, 0.6) is 11.5 Å². The highest BCUT2D eigenvalue weighted by Gasteiger charge is 2.25. The third kappa shape index (κ3) is 5.05. The van der Waals surface area contributed by atoms with E-state index in [9.17, 15) is 14.7 Å². The Morgan fingerprint density at radius 3 is 2.80 bits per heavy atom. The summed E-state index contributed by atoms with van der Waals surface area (Å²) in [7, 11) is 1.48. The molecule has 0 aliphatic carbocycles. The van der Waals surface area contributed by atoms with Gasteiger partial charge in [0.25, 0.3) is 0 Å². The molecule has 1 aliphatic heterocycles. The molecule has 9 nitrogen and oxygen atoms in total. The maximum atomic E-state index is 12.8. The lowest BCUT2D eigenvalue weighted by Gasteiger charge is -2.19. The highest BCUT2D eigenvalue weighted by Crippen LogP contribution is 2.36. The summed E-state index contributed by atoms with van der Waals surface area (Å²) < 4.78 is 15.9. The van der Waals surface area contributed by atoms with E-state index in [0.29, 0.717) is 64.9 Å². The summed E-state index contributed by atoms with van der Waals surface area (Å²) in [6.07, 6.45) is 1.41. The van der Waals surface area contributed by atoms with Crippen LogP contribution in [-0.2, 0) is 15.3 Å². The van der Waals surface area contributed by atoms with Crippen LogP contribution in [0.25, 0.3) is 0 Å². The lowest BCUT2D eigenvalue weighted by Crippen LogP contribution is -2.30. The molecule has 1 atom stereocenters. The van der Waals surface area contributed by atoms with E-state index in [0.717, 1.165) is 0 Å². The normalized spacial score (nSPS) is 18.7. The summed E-state index contributed by atoms with van der Waals surface area (Å²) in [5.74, 6) is 1.28. The molecule has 1 aliphatic rings. The third-order valence-electron chi connectivity index (χ3n) is 4.79. The van der Waals surface area contributed by atoms with Crippen molar-refractivity contribution in [1.82, 2.24) is 15.5 Å². The van der Waals surface area contributed by atoms with Crippen molar-refractivity contribution in [2.24, 2.45) is 0 Å². The minimum Gasteiger partial charge on any atom is -0.507 e. The fourth-order valence-corrected chi connectivity index (χ4v) is 4.31. The molecule has 2 N–H and O–H groups in total. The molecule has 2 heterocycles. The predicted octanol–water partition coefficient (Wildman–Crippen LogP) is 2.83. The Kier molecular flexibility index (Phi) is 7.20. The largest absolute Gasteiger partial charge is 0.507 e. The van der Waals surface area contributed by atoms with Crippen LogP contribution in [0.2, 0.25) is 0 Å². The number of cyclic esters (lactones) is 1. The fraction of sp³-hybridized carbons (Fsp3) is 0.500. The van der Waals surface area contributed by atoms with E-state index < -0.39 is 12.0 Å². The number of hydrogen-bond acceptors (Lipinski definition) is 9. The summed E-state index contributed by atoms with van der Waals surface area (Å²) >= 11 is 1.42. The van der Waals surface area contributed by atoms with Crippen LogP contribution in [0.3, 0.4) is 0 Å². The number of aromatic nitrogens is 2. The van der Waals surface area contributed by atoms with E-state index >= 15 is 0 Å². The number of phenolic OH excluding ortho intramolecular Hbond substituents is 1. The Morgan fingerprint density at radius 1 is 1.30 bits per heavy atom. The number of fused-ring (bicyclic) bond motifs is 1. The van der Waals surface area contributed by atoms with Gasteiger partial charge in [0.05, 0.1) is 19.3 Å². The molecule has 0 bridgehead atoms. The van der Waals surface area contributed by atoms with Crippen LogP contribution < -0.4 is 10.1 Å². The minimum absolute atomic E-state index is 0.0433. The zero-order valence-corrected chi connectivity index (χ0v) is 18.0. The SMILES string of the molecule is COc1cc(O)c2c(c1C)C(=O)OCCCCC(=O)N[C@H](c1nc(C)no1)CSC2. The molecule has 10 heteroatoms. The molecule has 0 spiro atoms. The standard InChI is InChI=1S/C20H25N3O6S/c1-11-16(27-3)8-15(24)13-9-30-10-14(19-21-12(2)23-29-19)22-17(25)6-4-5-7-28-20(26)18(11)13/h8,14,24H,4-7,9-10H2,1-3H3,(H,22,25)/t14-/m0/s1. The van der Waals surface area contributed by atoms with Crippen molar-refractivity contribution < 1.29 is 28.7 Å². The van der Waals surface area contributed by atoms with Gasteiger partial charge < -0.3 is 24.4 Å². The zero-order valence-electron chi connectivity index (χ0n) is 17.2. The van der Waals surface area contributed by atoms with Crippen LogP contribution in [0.4, 0.5) is 0 Å². The van der Waals surface area contributed by atoms with Crippen LogP contribution in [0.1, 0.15) is 58.5 Å². The van der Waals surface area contributed by atoms with Crippen molar-refractivity contribution in [2.75, 3.05) is 19.5 Å². The average molecular weight is 436 g/mol. The smallest absolute Gasteiger partial charge is 0.338 e. The highest BCUT2D eigenvalue weighted by atomic mass is 32.2. The number of hydrogen-bond donors (Lipinski definition) is 2. The van der Waals surface area contributed by atoms with Crippen molar-refractivity contribution in [1.29, 1.82) is 0 Å². The van der Waals surface area contributed by atoms with Crippen molar-refractivity contribution in [3.05, 3.63) is 34.5 Å². The Hall–Kier alpha value is -2.75. The first-order valence-corrected chi connectivity index (χ1v) is 10.8. The van der Waals surface area contributed by atoms with Gasteiger partial charge in [0.1, 0.15) is 17.5 Å². The van der Waals surface area contributed by atoms with Gasteiger partial charge in [-0.2, -0.15) is 16.7 Å². The Bertz CT molecular complexity index is 930. The molecule has 30 heavy (non-hydrogen) atoms. The molecular formula is C20H25N3O6S. The van der Waals surface area contributed by atoms with Gasteiger partial charge in [-0.1, -0.05) is 5.16 Å². The first-order chi connectivity index (χ1) is 14.4. The van der Waals surface area contributed by atoms with Gasteiger partial charge in [0.15, 0.2) is 5.82 Å². The first kappa shape index (κ1) is 21.9. The number of esters is 1. The number of amides is 1. The second kappa shape index (κ2) is 9.84. The number of aromatic hydroxyl groups is 1. The number of benzene rings is 1. The third-order valence-corrected chi connectivity index (χ3v) is 5.85. The van der Waals surface area contributed by atoms with Crippen molar-refractivity contribution in [3.63, 3.8) is 0 Å². The molecule has 2 aromatic rings. The molecule has 1 amide bonds. The maximum absolute atomic E-state index is 12.8. The predicted molar refractivity (Wildman–Crippen MR) is 110 cm³/mol. The van der Waals surface area contributed by atoms with Crippen LogP contribution in [0.15, 0.2) is 10.6 Å². The van der Waals surface area contributed by atoms with E-state index in [-0.39, 0.29) is 18.3 Å².